The van der Waals surface area contributed by atoms with Crippen LogP contribution in [0.5, 0.6) is 0 Å². The molecule has 0 aliphatic carbocycles. The number of carbonyl (C=O) groups excluding carboxylic acids is 1. The molecule has 0 radical (unpaired) electrons. The minimum Gasteiger partial charge on any atom is -0.317 e. The Balaban J connectivity index is 2.28. The number of benzene rings is 2. The lowest BCUT2D eigenvalue weighted by Crippen LogP contribution is -2.14. The molecule has 0 atom stereocenters. The van der Waals surface area contributed by atoms with Gasteiger partial charge in [0.15, 0.2) is 0 Å². The Bertz CT molecular complexity index is 626. The Labute approximate surface area is 118 Å². The summed E-state index contributed by atoms with van der Waals surface area (Å²) >= 11 is 11.5. The van der Waals surface area contributed by atoms with Crippen LogP contribution in [0, 0.1) is 11.6 Å². The Morgan fingerprint density at radius 2 is 1.63 bits per heavy atom. The molecule has 0 aliphatic rings. The quantitative estimate of drug-likeness (QED) is 0.868. The van der Waals surface area contributed by atoms with Gasteiger partial charge in [0.1, 0.15) is 17.3 Å². The molecule has 1 amide bonds. The fraction of sp³-hybridized carbons (Fsp3) is 0. The first-order chi connectivity index (χ1) is 8.99. The number of halogens is 4. The molecule has 19 heavy (non-hydrogen) atoms. The van der Waals surface area contributed by atoms with Gasteiger partial charge in [-0.2, -0.15) is 0 Å². The molecular formula is C13H7Cl2F2NO. The van der Waals surface area contributed by atoms with E-state index in [1.165, 1.54) is 24.3 Å². The van der Waals surface area contributed by atoms with Crippen LogP contribution in [0.3, 0.4) is 0 Å². The van der Waals surface area contributed by atoms with Crippen LogP contribution in [0.15, 0.2) is 36.4 Å². The summed E-state index contributed by atoms with van der Waals surface area (Å²) in [5.41, 5.74) is -0.351. The van der Waals surface area contributed by atoms with E-state index in [9.17, 15) is 13.6 Å². The first kappa shape index (κ1) is 13.8. The first-order valence-electron chi connectivity index (χ1n) is 5.19. The van der Waals surface area contributed by atoms with E-state index in [-0.39, 0.29) is 15.6 Å². The van der Waals surface area contributed by atoms with Crippen LogP contribution < -0.4 is 5.32 Å². The van der Waals surface area contributed by atoms with E-state index >= 15 is 0 Å². The molecule has 0 saturated heterocycles. The number of para-hydroxylation sites is 1. The van der Waals surface area contributed by atoms with Gasteiger partial charge in [-0.05, 0) is 30.3 Å². The number of carbonyl (C=O) groups is 1. The Morgan fingerprint density at radius 3 is 2.21 bits per heavy atom. The van der Waals surface area contributed by atoms with E-state index in [1.54, 1.807) is 0 Å². The van der Waals surface area contributed by atoms with Gasteiger partial charge in [0.25, 0.3) is 5.91 Å². The SMILES string of the molecule is O=C(Nc1c(F)cccc1F)c1ccc(Cl)c(Cl)c1. The third-order valence-corrected chi connectivity index (χ3v) is 3.12. The number of hydrogen-bond acceptors (Lipinski definition) is 1. The highest BCUT2D eigenvalue weighted by Gasteiger charge is 2.14. The van der Waals surface area contributed by atoms with Crippen LogP contribution in [-0.2, 0) is 0 Å². The maximum absolute atomic E-state index is 13.4. The van der Waals surface area contributed by atoms with E-state index < -0.39 is 23.2 Å². The summed E-state index contributed by atoms with van der Waals surface area (Å²) in [6, 6.07) is 7.46. The van der Waals surface area contributed by atoms with Gasteiger partial charge in [0, 0.05) is 5.56 Å². The van der Waals surface area contributed by atoms with Crippen LogP contribution in [0.2, 0.25) is 10.0 Å². The van der Waals surface area contributed by atoms with Crippen molar-refractivity contribution in [3.63, 3.8) is 0 Å². The normalized spacial score (nSPS) is 10.3. The van der Waals surface area contributed by atoms with Crippen LogP contribution in [-0.4, -0.2) is 5.91 Å². The summed E-state index contributed by atoms with van der Waals surface area (Å²) in [7, 11) is 0. The second kappa shape index (κ2) is 5.55. The van der Waals surface area contributed by atoms with Crippen LogP contribution >= 0.6 is 23.2 Å². The molecule has 1 N–H and O–H groups in total. The summed E-state index contributed by atoms with van der Waals surface area (Å²) in [5.74, 6) is -2.38. The fourth-order valence-electron chi connectivity index (χ4n) is 1.44. The lowest BCUT2D eigenvalue weighted by Gasteiger charge is -2.08. The van der Waals surface area contributed by atoms with Gasteiger partial charge in [-0.25, -0.2) is 8.78 Å². The molecule has 0 fully saturated rings. The maximum Gasteiger partial charge on any atom is 0.255 e. The van der Waals surface area contributed by atoms with Gasteiger partial charge >= 0.3 is 0 Å². The molecule has 0 spiro atoms. The minimum atomic E-state index is -0.853. The van der Waals surface area contributed by atoms with Crippen molar-refractivity contribution in [2.45, 2.75) is 0 Å². The highest BCUT2D eigenvalue weighted by molar-refractivity contribution is 6.42. The highest BCUT2D eigenvalue weighted by atomic mass is 35.5. The molecule has 2 aromatic rings. The fourth-order valence-corrected chi connectivity index (χ4v) is 1.74. The highest BCUT2D eigenvalue weighted by Crippen LogP contribution is 2.24. The average molecular weight is 302 g/mol. The van der Waals surface area contributed by atoms with Gasteiger partial charge in [-0.3, -0.25) is 4.79 Å². The molecule has 0 aromatic heterocycles. The van der Waals surface area contributed by atoms with Gasteiger partial charge in [-0.15, -0.1) is 0 Å². The zero-order chi connectivity index (χ0) is 14.0. The van der Waals surface area contributed by atoms with E-state index in [4.69, 9.17) is 23.2 Å². The minimum absolute atomic E-state index is 0.150. The van der Waals surface area contributed by atoms with Crippen molar-refractivity contribution in [2.24, 2.45) is 0 Å². The number of rotatable bonds is 2. The predicted octanol–water partition coefficient (Wildman–Crippen LogP) is 4.52. The first-order valence-corrected chi connectivity index (χ1v) is 5.95. The maximum atomic E-state index is 13.4. The van der Waals surface area contributed by atoms with Crippen LogP contribution in [0.4, 0.5) is 14.5 Å². The van der Waals surface area contributed by atoms with Gasteiger partial charge in [-0.1, -0.05) is 29.3 Å². The zero-order valence-electron chi connectivity index (χ0n) is 9.38. The van der Waals surface area contributed by atoms with E-state index in [2.05, 4.69) is 5.32 Å². The van der Waals surface area contributed by atoms with Crippen molar-refractivity contribution in [1.82, 2.24) is 0 Å². The predicted molar refractivity (Wildman–Crippen MR) is 70.8 cm³/mol. The molecule has 0 bridgehead atoms. The Morgan fingerprint density at radius 1 is 1.00 bits per heavy atom. The molecule has 2 nitrogen and oxygen atoms in total. The molecule has 0 heterocycles. The monoisotopic (exact) mass is 301 g/mol. The van der Waals surface area contributed by atoms with E-state index in [1.807, 2.05) is 0 Å². The number of hydrogen-bond donors (Lipinski definition) is 1. The Kier molecular flexibility index (Phi) is 4.02. The van der Waals surface area contributed by atoms with Crippen molar-refractivity contribution in [3.05, 3.63) is 63.6 Å². The molecule has 98 valence electrons. The second-order valence-electron chi connectivity index (χ2n) is 3.68. The van der Waals surface area contributed by atoms with Crippen molar-refractivity contribution in [1.29, 1.82) is 0 Å². The molecule has 0 saturated carbocycles. The van der Waals surface area contributed by atoms with E-state index in [0.29, 0.717) is 0 Å². The third kappa shape index (κ3) is 3.03. The smallest absolute Gasteiger partial charge is 0.255 e. The molecule has 2 aromatic carbocycles. The number of nitrogens with one attached hydrogen (secondary N) is 1. The molecular weight excluding hydrogens is 295 g/mol. The number of anilines is 1. The molecule has 0 aliphatic heterocycles. The van der Waals surface area contributed by atoms with Crippen molar-refractivity contribution in [3.8, 4) is 0 Å². The summed E-state index contributed by atoms with van der Waals surface area (Å²) in [6.45, 7) is 0. The van der Waals surface area contributed by atoms with Crippen LogP contribution in [0.25, 0.3) is 0 Å². The van der Waals surface area contributed by atoms with Gasteiger partial charge < -0.3 is 5.32 Å². The summed E-state index contributed by atoms with van der Waals surface area (Å²) in [6.07, 6.45) is 0. The zero-order valence-corrected chi connectivity index (χ0v) is 10.9. The van der Waals surface area contributed by atoms with Crippen LogP contribution in [0.1, 0.15) is 10.4 Å². The standard InChI is InChI=1S/C13H7Cl2F2NO/c14-8-5-4-7(6-9(8)15)13(19)18-12-10(16)2-1-3-11(12)17/h1-6H,(H,18,19). The van der Waals surface area contributed by atoms with Gasteiger partial charge in [0.05, 0.1) is 10.0 Å². The lowest BCUT2D eigenvalue weighted by atomic mass is 10.2. The molecule has 2 rings (SSSR count). The van der Waals surface area contributed by atoms with E-state index in [0.717, 1.165) is 12.1 Å². The summed E-state index contributed by atoms with van der Waals surface area (Å²) < 4.78 is 26.7. The molecule has 0 unspecified atom stereocenters. The topological polar surface area (TPSA) is 29.1 Å². The largest absolute Gasteiger partial charge is 0.317 e. The summed E-state index contributed by atoms with van der Waals surface area (Å²) in [4.78, 5) is 11.8. The lowest BCUT2D eigenvalue weighted by molar-refractivity contribution is 0.102. The molecule has 6 heteroatoms. The van der Waals surface area contributed by atoms with Crippen molar-refractivity contribution >= 4 is 34.8 Å². The Hall–Kier alpha value is -1.65. The van der Waals surface area contributed by atoms with Crippen molar-refractivity contribution in [2.75, 3.05) is 5.32 Å². The number of amides is 1. The van der Waals surface area contributed by atoms with Gasteiger partial charge in [0.2, 0.25) is 0 Å². The third-order valence-electron chi connectivity index (χ3n) is 2.38. The average Bonchev–Trinajstić information content (AvgIpc) is 2.37. The second-order valence-corrected chi connectivity index (χ2v) is 4.49. The van der Waals surface area contributed by atoms with Crippen molar-refractivity contribution < 1.29 is 13.6 Å². The summed E-state index contributed by atoms with van der Waals surface area (Å²) in [5, 5.41) is 2.62.